The Morgan fingerprint density at radius 1 is 0.887 bits per heavy atom. The smallest absolute Gasteiger partial charge is 0.301 e. The van der Waals surface area contributed by atoms with Crippen LogP contribution in [0.1, 0.15) is 32.4 Å². The van der Waals surface area contributed by atoms with Crippen molar-refractivity contribution in [2.24, 2.45) is 10.2 Å². The number of aromatic hydroxyl groups is 2. The highest BCUT2D eigenvalue weighted by atomic mass is 35.5. The molecule has 0 bridgehead atoms. The summed E-state index contributed by atoms with van der Waals surface area (Å²) in [5.41, 5.74) is 3.03. The fraction of sp³-hybridized carbons (Fsp3) is 0.0513. The number of nitrogens with zero attached hydrogens (tertiary/aromatic N) is 7. The zero-order valence-corrected chi connectivity index (χ0v) is 28.4. The number of hydrogen-bond donors (Lipinski definition) is 2. The van der Waals surface area contributed by atoms with Crippen LogP contribution in [-0.4, -0.2) is 54.5 Å². The number of Topliss-reactive ketones (excluding diaryl/α,β-unsaturated/α-hetero) is 1. The van der Waals surface area contributed by atoms with Gasteiger partial charge in [0.2, 0.25) is 5.88 Å². The van der Waals surface area contributed by atoms with Crippen LogP contribution in [-0.2, 0) is 4.79 Å². The third-order valence-corrected chi connectivity index (χ3v) is 9.13. The van der Waals surface area contributed by atoms with Crippen molar-refractivity contribution in [2.75, 3.05) is 12.0 Å². The minimum atomic E-state index is -1.13. The lowest BCUT2D eigenvalue weighted by atomic mass is 10.1. The number of carbonyl (C=O) groups is 3. The first-order valence-electron chi connectivity index (χ1n) is 16.1. The van der Waals surface area contributed by atoms with Gasteiger partial charge in [0.25, 0.3) is 11.7 Å². The van der Waals surface area contributed by atoms with E-state index in [0.29, 0.717) is 44.3 Å². The Kier molecular flexibility index (Phi) is 8.24. The summed E-state index contributed by atoms with van der Waals surface area (Å²) in [6, 6.07) is 31.9. The Bertz CT molecular complexity index is 2630. The molecule has 1 unspecified atom stereocenters. The van der Waals surface area contributed by atoms with E-state index in [-0.39, 0.29) is 22.6 Å². The first kappa shape index (κ1) is 33.0. The number of ketones is 1. The largest absolute Gasteiger partial charge is 0.507 e. The number of para-hydroxylation sites is 1. The van der Waals surface area contributed by atoms with Gasteiger partial charge in [-0.1, -0.05) is 71.4 Å². The highest BCUT2D eigenvalue weighted by molar-refractivity contribution is 6.52. The van der Waals surface area contributed by atoms with E-state index in [1.165, 1.54) is 39.5 Å². The van der Waals surface area contributed by atoms with Crippen LogP contribution in [0, 0.1) is 0 Å². The molecule has 7 aromatic rings. The van der Waals surface area contributed by atoms with Gasteiger partial charge in [-0.3, -0.25) is 23.9 Å². The molecule has 0 radical (unpaired) electrons. The van der Waals surface area contributed by atoms with Crippen molar-refractivity contribution >= 4 is 51.5 Å². The summed E-state index contributed by atoms with van der Waals surface area (Å²) in [5, 5.41) is 39.8. The molecule has 13 nitrogen and oxygen atoms in total. The molecule has 0 fully saturated rings. The van der Waals surface area contributed by atoms with Gasteiger partial charge in [0, 0.05) is 22.0 Å². The van der Waals surface area contributed by atoms with Crippen LogP contribution in [0.4, 0.5) is 11.4 Å². The number of halogens is 1. The number of anilines is 1. The summed E-state index contributed by atoms with van der Waals surface area (Å²) >= 11 is 6.41. The number of benzene rings is 5. The van der Waals surface area contributed by atoms with Gasteiger partial charge in [-0.05, 0) is 60.2 Å². The Hall–Kier alpha value is -7.12. The fourth-order valence-corrected chi connectivity index (χ4v) is 6.57. The SMILES string of the molecule is COc1cccc(C(N2C(=O)C(=O)c3ccccc32)n2c(O)c(N=NC(=O)c3ccc(-n4cc(-c5ccccc5)nn4)cc3O)c3cc(Cl)ccc32)c1. The predicted octanol–water partition coefficient (Wildman–Crippen LogP) is 7.66. The van der Waals surface area contributed by atoms with Crippen LogP contribution >= 0.6 is 11.6 Å². The summed E-state index contributed by atoms with van der Waals surface area (Å²) < 4.78 is 8.35. The number of phenols is 1. The summed E-state index contributed by atoms with van der Waals surface area (Å²) in [7, 11) is 1.50. The number of methoxy groups -OCH3 is 1. The zero-order valence-electron chi connectivity index (χ0n) is 27.7. The van der Waals surface area contributed by atoms with Crippen LogP contribution in [0.3, 0.4) is 0 Å². The van der Waals surface area contributed by atoms with Crippen LogP contribution in [0.15, 0.2) is 132 Å². The minimum Gasteiger partial charge on any atom is -0.507 e. The number of hydrogen-bond acceptors (Lipinski definition) is 9. The van der Waals surface area contributed by atoms with E-state index in [9.17, 15) is 24.6 Å². The number of carbonyl (C=O) groups excluding carboxylic acids is 3. The van der Waals surface area contributed by atoms with Crippen LogP contribution in [0.5, 0.6) is 17.4 Å². The van der Waals surface area contributed by atoms with E-state index in [1.807, 2.05) is 30.3 Å². The summed E-state index contributed by atoms with van der Waals surface area (Å²) in [4.78, 5) is 41.6. The minimum absolute atomic E-state index is 0.137. The van der Waals surface area contributed by atoms with Crippen molar-refractivity contribution in [2.45, 2.75) is 6.17 Å². The molecule has 5 aromatic carbocycles. The summed E-state index contributed by atoms with van der Waals surface area (Å²) in [5.74, 6) is -2.81. The predicted molar refractivity (Wildman–Crippen MR) is 195 cm³/mol. The lowest BCUT2D eigenvalue weighted by Crippen LogP contribution is -2.37. The lowest BCUT2D eigenvalue weighted by Gasteiger charge is -2.31. The third-order valence-electron chi connectivity index (χ3n) is 8.90. The monoisotopic (exact) mass is 723 g/mol. The molecule has 260 valence electrons. The standard InChI is InChI=1S/C39H26ClN7O6/c1-53-26-11-7-10-23(18-26)37(47-31-13-6-5-12-27(31)35(49)39(47)52)46-32-17-14-24(40)19-29(32)34(38(46)51)42-43-36(50)28-16-15-25(20-33(28)48)45-21-30(41-44-45)22-8-3-2-4-9-22/h2-21,37,48,51H,1H3. The molecule has 0 saturated carbocycles. The quantitative estimate of drug-likeness (QED) is 0.119. The number of azo groups is 1. The van der Waals surface area contributed by atoms with Gasteiger partial charge >= 0.3 is 5.91 Å². The number of fused-ring (bicyclic) bond motifs is 2. The molecule has 1 atom stereocenters. The van der Waals surface area contributed by atoms with Crippen LogP contribution in [0.25, 0.3) is 27.8 Å². The molecule has 2 amide bonds. The molecule has 0 spiro atoms. The van der Waals surface area contributed by atoms with Gasteiger partial charge in [0.1, 0.15) is 23.4 Å². The molecular formula is C39H26ClN7O6. The topological polar surface area (TPSA) is 164 Å². The van der Waals surface area contributed by atoms with Crippen molar-refractivity contribution in [3.8, 4) is 34.3 Å². The van der Waals surface area contributed by atoms with Crippen LogP contribution < -0.4 is 9.64 Å². The van der Waals surface area contributed by atoms with E-state index in [4.69, 9.17) is 16.3 Å². The first-order chi connectivity index (χ1) is 25.7. The summed E-state index contributed by atoms with van der Waals surface area (Å²) in [6.07, 6.45) is 0.558. The van der Waals surface area contributed by atoms with E-state index >= 15 is 0 Å². The Labute approximate surface area is 305 Å². The van der Waals surface area contributed by atoms with E-state index < -0.39 is 29.6 Å². The number of rotatable bonds is 8. The lowest BCUT2D eigenvalue weighted by molar-refractivity contribution is -0.114. The Balaban J connectivity index is 1.19. The molecule has 2 N–H and O–H groups in total. The third kappa shape index (κ3) is 5.74. The second kappa shape index (κ2) is 13.2. The van der Waals surface area contributed by atoms with E-state index in [0.717, 1.165) is 5.56 Å². The van der Waals surface area contributed by atoms with Gasteiger partial charge in [-0.25, -0.2) is 4.68 Å². The van der Waals surface area contributed by atoms with Gasteiger partial charge in [0.05, 0.1) is 41.3 Å². The number of phenolic OH excluding ortho intramolecular Hbond substituents is 1. The number of ether oxygens (including phenoxy) is 1. The average molecular weight is 724 g/mol. The molecule has 1 aliphatic heterocycles. The molecule has 0 saturated heterocycles. The van der Waals surface area contributed by atoms with Gasteiger partial charge in [0.15, 0.2) is 5.69 Å². The first-order valence-corrected chi connectivity index (χ1v) is 16.5. The second-order valence-electron chi connectivity index (χ2n) is 12.0. The highest BCUT2D eigenvalue weighted by Gasteiger charge is 2.42. The van der Waals surface area contributed by atoms with Crippen molar-refractivity contribution in [1.82, 2.24) is 19.6 Å². The second-order valence-corrected chi connectivity index (χ2v) is 12.4. The fourth-order valence-electron chi connectivity index (χ4n) is 6.39. The maximum absolute atomic E-state index is 13.7. The molecule has 2 aromatic heterocycles. The van der Waals surface area contributed by atoms with Crippen molar-refractivity contribution in [1.29, 1.82) is 0 Å². The van der Waals surface area contributed by atoms with Crippen molar-refractivity contribution < 1.29 is 29.3 Å². The molecule has 1 aliphatic rings. The maximum Gasteiger partial charge on any atom is 0.301 e. The Morgan fingerprint density at radius 2 is 1.68 bits per heavy atom. The Morgan fingerprint density at radius 3 is 2.47 bits per heavy atom. The zero-order chi connectivity index (χ0) is 36.8. The van der Waals surface area contributed by atoms with Gasteiger partial charge in [-0.2, -0.15) is 0 Å². The normalized spacial score (nSPS) is 13.2. The summed E-state index contributed by atoms with van der Waals surface area (Å²) in [6.45, 7) is 0. The van der Waals surface area contributed by atoms with Crippen molar-refractivity contribution in [3.63, 3.8) is 0 Å². The van der Waals surface area contributed by atoms with E-state index in [2.05, 4.69) is 20.5 Å². The molecule has 8 rings (SSSR count). The molecule has 3 heterocycles. The van der Waals surface area contributed by atoms with Crippen LogP contribution in [0.2, 0.25) is 5.02 Å². The van der Waals surface area contributed by atoms with E-state index in [1.54, 1.807) is 72.9 Å². The van der Waals surface area contributed by atoms with Gasteiger partial charge in [-0.15, -0.1) is 15.3 Å². The van der Waals surface area contributed by atoms with Crippen molar-refractivity contribution in [3.05, 3.63) is 143 Å². The molecule has 53 heavy (non-hydrogen) atoms. The molecular weight excluding hydrogens is 698 g/mol. The maximum atomic E-state index is 13.7. The van der Waals surface area contributed by atoms with Gasteiger partial charge < -0.3 is 14.9 Å². The number of amides is 2. The highest BCUT2D eigenvalue weighted by Crippen LogP contribution is 2.47. The average Bonchev–Trinajstić information content (AvgIpc) is 3.85. The number of aromatic nitrogens is 4. The molecule has 0 aliphatic carbocycles. The molecule has 14 heteroatoms.